The van der Waals surface area contributed by atoms with E-state index in [4.69, 9.17) is 10.5 Å². The smallest absolute Gasteiger partial charge is 0.0863 e. The first-order valence-electron chi connectivity index (χ1n) is 7.65. The van der Waals surface area contributed by atoms with Crippen LogP contribution < -0.4 is 5.73 Å². The summed E-state index contributed by atoms with van der Waals surface area (Å²) in [4.78, 5) is 3.92. The molecule has 118 valence electrons. The number of nitrogens with zero attached hydrogens (tertiary/aromatic N) is 1. The van der Waals surface area contributed by atoms with E-state index in [2.05, 4.69) is 30.3 Å². The lowest BCUT2D eigenvalue weighted by molar-refractivity contribution is 0.0924. The fourth-order valence-electron chi connectivity index (χ4n) is 1.63. The van der Waals surface area contributed by atoms with E-state index in [1.807, 2.05) is 32.9 Å². The van der Waals surface area contributed by atoms with Crippen molar-refractivity contribution in [3.8, 4) is 0 Å². The number of ether oxygens (including phenoxy) is 1. The second-order valence-corrected chi connectivity index (χ2v) is 5.62. The third kappa shape index (κ3) is 13.2. The molecule has 0 aliphatic heterocycles. The van der Waals surface area contributed by atoms with Gasteiger partial charge in [-0.2, -0.15) is 0 Å². The molecule has 0 aliphatic carbocycles. The summed E-state index contributed by atoms with van der Waals surface area (Å²) in [6.07, 6.45) is 8.43. The molecule has 0 aromatic heterocycles. The Morgan fingerprint density at radius 2 is 1.95 bits per heavy atom. The van der Waals surface area contributed by atoms with Gasteiger partial charge in [-0.3, -0.25) is 0 Å². The van der Waals surface area contributed by atoms with E-state index >= 15 is 0 Å². The van der Waals surface area contributed by atoms with Gasteiger partial charge in [0.1, 0.15) is 0 Å². The predicted molar refractivity (Wildman–Crippen MR) is 91.3 cm³/mol. The lowest BCUT2D eigenvalue weighted by Gasteiger charge is -2.08. The Labute approximate surface area is 130 Å². The average molecular weight is 290 g/mol. The van der Waals surface area contributed by atoms with Gasteiger partial charge < -0.3 is 10.5 Å². The summed E-state index contributed by atoms with van der Waals surface area (Å²) in [5, 5.41) is 0. The monoisotopic (exact) mass is 290 g/mol. The SMILES string of the molecule is CC(=C=CC(C)OCCCC(C)C)CC=C=C(C)N=CN. The molecule has 0 bridgehead atoms. The summed E-state index contributed by atoms with van der Waals surface area (Å²) < 4.78 is 5.72. The first kappa shape index (κ1) is 19.5. The second-order valence-electron chi connectivity index (χ2n) is 5.62. The van der Waals surface area contributed by atoms with Gasteiger partial charge in [0, 0.05) is 13.0 Å². The predicted octanol–water partition coefficient (Wildman–Crippen LogP) is 4.37. The molecule has 0 radical (unpaired) electrons. The van der Waals surface area contributed by atoms with Gasteiger partial charge in [0.25, 0.3) is 0 Å². The maximum atomic E-state index is 5.72. The van der Waals surface area contributed by atoms with Crippen LogP contribution >= 0.6 is 0 Å². The van der Waals surface area contributed by atoms with Gasteiger partial charge >= 0.3 is 0 Å². The summed E-state index contributed by atoms with van der Waals surface area (Å²) in [6, 6.07) is 0. The zero-order valence-corrected chi connectivity index (χ0v) is 14.1. The van der Waals surface area contributed by atoms with Crippen LogP contribution in [0.15, 0.2) is 39.9 Å². The van der Waals surface area contributed by atoms with Crippen molar-refractivity contribution in [1.82, 2.24) is 0 Å². The van der Waals surface area contributed by atoms with E-state index in [0.29, 0.717) is 0 Å². The molecular formula is C18H30N2O. The molecule has 3 heteroatoms. The molecule has 3 nitrogen and oxygen atoms in total. The van der Waals surface area contributed by atoms with E-state index in [1.54, 1.807) is 0 Å². The highest BCUT2D eigenvalue weighted by Crippen LogP contribution is 2.05. The number of rotatable bonds is 9. The standard InChI is InChI=1S/C18H30N2O/c1-15(2)8-7-13-21-18(5)12-11-16(3)9-6-10-17(4)20-14-19/h6,12,14-15,18H,7-9,13H2,1-5H3,(H2,19,20). The van der Waals surface area contributed by atoms with Crippen LogP contribution in [0.1, 0.15) is 53.9 Å². The zero-order valence-electron chi connectivity index (χ0n) is 14.1. The van der Waals surface area contributed by atoms with Crippen LogP contribution in [0, 0.1) is 5.92 Å². The van der Waals surface area contributed by atoms with Crippen molar-refractivity contribution in [2.75, 3.05) is 6.61 Å². The molecule has 0 saturated carbocycles. The van der Waals surface area contributed by atoms with Crippen molar-refractivity contribution in [2.24, 2.45) is 16.6 Å². The summed E-state index contributed by atoms with van der Waals surface area (Å²) in [6.45, 7) is 11.2. The van der Waals surface area contributed by atoms with Crippen LogP contribution in [0.3, 0.4) is 0 Å². The van der Waals surface area contributed by atoms with Crippen molar-refractivity contribution in [3.63, 3.8) is 0 Å². The Bertz CT molecular complexity index is 434. The quantitative estimate of drug-likeness (QED) is 0.297. The van der Waals surface area contributed by atoms with Crippen molar-refractivity contribution >= 4 is 6.34 Å². The zero-order chi connectivity index (χ0) is 16.1. The minimum absolute atomic E-state index is 0.107. The van der Waals surface area contributed by atoms with Crippen LogP contribution in [0.4, 0.5) is 0 Å². The van der Waals surface area contributed by atoms with Crippen molar-refractivity contribution in [1.29, 1.82) is 0 Å². The lowest BCUT2D eigenvalue weighted by atomic mass is 10.1. The van der Waals surface area contributed by atoms with Gasteiger partial charge in [-0.15, -0.1) is 11.5 Å². The molecule has 21 heavy (non-hydrogen) atoms. The molecule has 0 saturated heterocycles. The summed E-state index contributed by atoms with van der Waals surface area (Å²) in [5.41, 5.74) is 13.4. The van der Waals surface area contributed by atoms with Crippen molar-refractivity contribution < 1.29 is 4.74 Å². The molecule has 0 amide bonds. The molecule has 0 aliphatic rings. The third-order valence-electron chi connectivity index (χ3n) is 2.86. The Hall–Kier alpha value is -1.53. The molecule has 0 fully saturated rings. The lowest BCUT2D eigenvalue weighted by Crippen LogP contribution is -2.06. The molecule has 0 spiro atoms. The maximum Gasteiger partial charge on any atom is 0.0863 e. The Balaban J connectivity index is 4.20. The highest BCUT2D eigenvalue weighted by Gasteiger charge is 1.98. The van der Waals surface area contributed by atoms with Crippen molar-refractivity contribution in [3.05, 3.63) is 34.9 Å². The van der Waals surface area contributed by atoms with Gasteiger partial charge in [0.05, 0.1) is 18.1 Å². The number of allylic oxidation sites excluding steroid dienone is 1. The third-order valence-corrected chi connectivity index (χ3v) is 2.86. The highest BCUT2D eigenvalue weighted by molar-refractivity contribution is 5.53. The number of nitrogens with two attached hydrogens (primary N) is 1. The summed E-state index contributed by atoms with van der Waals surface area (Å²) in [5.74, 6) is 0.744. The first-order chi connectivity index (χ1) is 9.95. The molecule has 0 heterocycles. The van der Waals surface area contributed by atoms with Crippen LogP contribution in [-0.2, 0) is 4.74 Å². The average Bonchev–Trinajstić information content (AvgIpc) is 2.41. The molecule has 2 N–H and O–H groups in total. The molecule has 1 atom stereocenters. The summed E-state index contributed by atoms with van der Waals surface area (Å²) in [7, 11) is 0. The number of hydrogen-bond donors (Lipinski definition) is 1. The van der Waals surface area contributed by atoms with E-state index in [0.717, 1.165) is 36.6 Å². The second kappa shape index (κ2) is 12.2. The fourth-order valence-corrected chi connectivity index (χ4v) is 1.63. The fraction of sp³-hybridized carbons (Fsp3) is 0.611. The van der Waals surface area contributed by atoms with Crippen LogP contribution in [0.2, 0.25) is 0 Å². The topological polar surface area (TPSA) is 47.6 Å². The molecule has 1 unspecified atom stereocenters. The number of hydrogen-bond acceptors (Lipinski definition) is 2. The van der Waals surface area contributed by atoms with E-state index in [-0.39, 0.29) is 6.10 Å². The minimum atomic E-state index is 0.107. The van der Waals surface area contributed by atoms with Gasteiger partial charge in [-0.1, -0.05) is 13.8 Å². The Kier molecular flexibility index (Phi) is 11.3. The van der Waals surface area contributed by atoms with Gasteiger partial charge in [0.15, 0.2) is 0 Å². The molecule has 0 rings (SSSR count). The van der Waals surface area contributed by atoms with Crippen LogP contribution in [-0.4, -0.2) is 19.0 Å². The normalized spacial score (nSPS) is 11.9. The first-order valence-corrected chi connectivity index (χ1v) is 7.65. The Morgan fingerprint density at radius 3 is 2.57 bits per heavy atom. The maximum absolute atomic E-state index is 5.72. The molecular weight excluding hydrogens is 260 g/mol. The Morgan fingerprint density at radius 1 is 1.24 bits per heavy atom. The highest BCUT2D eigenvalue weighted by atomic mass is 16.5. The van der Waals surface area contributed by atoms with Gasteiger partial charge in [-0.25, -0.2) is 4.99 Å². The van der Waals surface area contributed by atoms with E-state index < -0.39 is 0 Å². The van der Waals surface area contributed by atoms with Crippen LogP contribution in [0.25, 0.3) is 0 Å². The van der Waals surface area contributed by atoms with E-state index in [1.165, 1.54) is 12.8 Å². The molecule has 0 aromatic carbocycles. The van der Waals surface area contributed by atoms with Crippen LogP contribution in [0.5, 0.6) is 0 Å². The van der Waals surface area contributed by atoms with Gasteiger partial charge in [-0.05, 0) is 57.3 Å². The number of aliphatic imine (C=N–C) groups is 1. The minimum Gasteiger partial charge on any atom is -0.390 e. The van der Waals surface area contributed by atoms with E-state index in [9.17, 15) is 0 Å². The molecule has 0 aromatic rings. The van der Waals surface area contributed by atoms with Crippen molar-refractivity contribution in [2.45, 2.75) is 60.0 Å². The largest absolute Gasteiger partial charge is 0.390 e. The van der Waals surface area contributed by atoms with Gasteiger partial charge in [0.2, 0.25) is 0 Å². The summed E-state index contributed by atoms with van der Waals surface area (Å²) >= 11 is 0.